The van der Waals surface area contributed by atoms with Crippen molar-refractivity contribution in [2.75, 3.05) is 4.90 Å². The fourth-order valence-electron chi connectivity index (χ4n) is 3.73. The molecule has 0 aliphatic carbocycles. The van der Waals surface area contributed by atoms with Crippen molar-refractivity contribution in [3.63, 3.8) is 0 Å². The molecule has 158 valence electrons. The number of rotatable bonds is 4. The maximum atomic E-state index is 13.2. The summed E-state index contributed by atoms with van der Waals surface area (Å²) >= 11 is 16.3. The summed E-state index contributed by atoms with van der Waals surface area (Å²) in [5.41, 5.74) is 4.02. The summed E-state index contributed by atoms with van der Waals surface area (Å²) in [6, 6.07) is 23.6. The van der Waals surface area contributed by atoms with Gasteiger partial charge in [-0.25, -0.2) is 0 Å². The Balaban J connectivity index is 1.51. The zero-order chi connectivity index (χ0) is 22.2. The van der Waals surface area contributed by atoms with Crippen LogP contribution >= 0.6 is 51.5 Å². The molecular weight excluding hydrogens is 524 g/mol. The average Bonchev–Trinajstić information content (AvgIpc) is 3.27. The quantitative estimate of drug-likeness (QED) is 0.198. The van der Waals surface area contributed by atoms with E-state index in [-0.39, 0.29) is 5.91 Å². The maximum Gasteiger partial charge on any atom is 0.270 e. The van der Waals surface area contributed by atoms with E-state index in [1.807, 2.05) is 66.7 Å². The first-order valence-electron chi connectivity index (χ1n) is 9.85. The molecule has 0 unspecified atom stereocenters. The third-order valence-corrected chi connectivity index (χ3v) is 7.33. The SMILES string of the molecule is O=C1/C(=C/c2cn(Cc3ccc(Cl)cc3)c3ccccc23)SC(=S)N1c1ccc(Br)cc1. The minimum atomic E-state index is -0.100. The second-order valence-electron chi connectivity index (χ2n) is 7.35. The molecule has 3 nitrogen and oxygen atoms in total. The van der Waals surface area contributed by atoms with E-state index in [1.165, 1.54) is 11.8 Å². The fraction of sp³-hybridized carbons (Fsp3) is 0.0400. The number of hydrogen-bond donors (Lipinski definition) is 0. The van der Waals surface area contributed by atoms with Crippen molar-refractivity contribution in [1.29, 1.82) is 0 Å². The number of para-hydroxylation sites is 1. The van der Waals surface area contributed by atoms with Crippen LogP contribution in [0.4, 0.5) is 5.69 Å². The lowest BCUT2D eigenvalue weighted by Crippen LogP contribution is -2.27. The summed E-state index contributed by atoms with van der Waals surface area (Å²) in [5.74, 6) is -0.100. The van der Waals surface area contributed by atoms with Gasteiger partial charge in [0.05, 0.1) is 10.6 Å². The summed E-state index contributed by atoms with van der Waals surface area (Å²) in [4.78, 5) is 15.4. The van der Waals surface area contributed by atoms with Crippen molar-refractivity contribution in [3.05, 3.63) is 105 Å². The van der Waals surface area contributed by atoms with E-state index < -0.39 is 0 Å². The van der Waals surface area contributed by atoms with Gasteiger partial charge in [0.2, 0.25) is 0 Å². The van der Waals surface area contributed by atoms with Crippen LogP contribution in [0.5, 0.6) is 0 Å². The lowest BCUT2D eigenvalue weighted by molar-refractivity contribution is -0.113. The van der Waals surface area contributed by atoms with E-state index >= 15 is 0 Å². The molecule has 2 heterocycles. The molecule has 0 saturated carbocycles. The third-order valence-electron chi connectivity index (χ3n) is 5.25. The lowest BCUT2D eigenvalue weighted by Gasteiger charge is -2.14. The van der Waals surface area contributed by atoms with Gasteiger partial charge in [-0.15, -0.1) is 0 Å². The van der Waals surface area contributed by atoms with Crippen LogP contribution < -0.4 is 4.90 Å². The molecular formula is C25H16BrClN2OS2. The molecule has 0 bridgehead atoms. The van der Waals surface area contributed by atoms with Crippen LogP contribution in [0, 0.1) is 0 Å². The monoisotopic (exact) mass is 538 g/mol. The van der Waals surface area contributed by atoms with E-state index in [2.05, 4.69) is 38.8 Å². The highest BCUT2D eigenvalue weighted by atomic mass is 79.9. The largest absolute Gasteiger partial charge is 0.342 e. The second kappa shape index (κ2) is 8.87. The summed E-state index contributed by atoms with van der Waals surface area (Å²) in [7, 11) is 0. The molecule has 1 saturated heterocycles. The van der Waals surface area contributed by atoms with Crippen molar-refractivity contribution >= 4 is 84.4 Å². The van der Waals surface area contributed by atoms with Gasteiger partial charge in [0.15, 0.2) is 4.32 Å². The standard InChI is InChI=1S/C25H16BrClN2OS2/c26-18-7-11-20(12-8-18)29-24(30)23(32-25(29)31)13-17-15-28(22-4-2-1-3-21(17)22)14-16-5-9-19(27)10-6-16/h1-13,15H,14H2/b23-13-. The van der Waals surface area contributed by atoms with Gasteiger partial charge in [0.1, 0.15) is 0 Å². The maximum absolute atomic E-state index is 13.2. The van der Waals surface area contributed by atoms with Crippen LogP contribution in [0.3, 0.4) is 0 Å². The number of fused-ring (bicyclic) bond motifs is 1. The molecule has 5 rings (SSSR count). The Labute approximate surface area is 208 Å². The van der Waals surface area contributed by atoms with Crippen LogP contribution in [0.1, 0.15) is 11.1 Å². The lowest BCUT2D eigenvalue weighted by atomic mass is 10.1. The van der Waals surface area contributed by atoms with Gasteiger partial charge in [-0.05, 0) is 54.1 Å². The molecule has 1 aliphatic heterocycles. The number of nitrogens with zero attached hydrogens (tertiary/aromatic N) is 2. The van der Waals surface area contributed by atoms with Gasteiger partial charge in [-0.2, -0.15) is 0 Å². The predicted octanol–water partition coefficient (Wildman–Crippen LogP) is 7.51. The third kappa shape index (κ3) is 4.16. The van der Waals surface area contributed by atoms with E-state index in [0.717, 1.165) is 37.2 Å². The summed E-state index contributed by atoms with van der Waals surface area (Å²) < 4.78 is 3.68. The van der Waals surface area contributed by atoms with E-state index in [1.54, 1.807) is 4.90 Å². The highest BCUT2D eigenvalue weighted by molar-refractivity contribution is 9.10. The normalized spacial score (nSPS) is 15.3. The molecule has 1 aliphatic rings. The smallest absolute Gasteiger partial charge is 0.270 e. The van der Waals surface area contributed by atoms with Crippen LogP contribution in [0.25, 0.3) is 17.0 Å². The molecule has 1 aromatic heterocycles. The van der Waals surface area contributed by atoms with Crippen LogP contribution in [0.2, 0.25) is 5.02 Å². The van der Waals surface area contributed by atoms with Crippen LogP contribution in [0.15, 0.2) is 88.4 Å². The van der Waals surface area contributed by atoms with Crippen LogP contribution in [-0.2, 0) is 11.3 Å². The average molecular weight is 540 g/mol. The number of carbonyl (C=O) groups excluding carboxylic acids is 1. The molecule has 7 heteroatoms. The Morgan fingerprint density at radius 3 is 2.47 bits per heavy atom. The van der Waals surface area contributed by atoms with Crippen molar-refractivity contribution in [2.45, 2.75) is 6.54 Å². The molecule has 4 aromatic rings. The predicted molar refractivity (Wildman–Crippen MR) is 142 cm³/mol. The minimum absolute atomic E-state index is 0.100. The van der Waals surface area contributed by atoms with Crippen molar-refractivity contribution < 1.29 is 4.79 Å². The van der Waals surface area contributed by atoms with Crippen molar-refractivity contribution in [2.24, 2.45) is 0 Å². The number of benzene rings is 3. The summed E-state index contributed by atoms with van der Waals surface area (Å²) in [6.07, 6.45) is 4.03. The van der Waals surface area contributed by atoms with Gasteiger partial charge in [0.25, 0.3) is 5.91 Å². The van der Waals surface area contributed by atoms with E-state index in [9.17, 15) is 4.79 Å². The molecule has 0 atom stereocenters. The first kappa shape index (κ1) is 21.5. The molecule has 32 heavy (non-hydrogen) atoms. The number of anilines is 1. The Hall–Kier alpha value is -2.38. The van der Waals surface area contributed by atoms with Gasteiger partial charge < -0.3 is 4.57 Å². The zero-order valence-electron chi connectivity index (χ0n) is 16.7. The molecule has 3 aromatic carbocycles. The van der Waals surface area contributed by atoms with E-state index in [4.69, 9.17) is 23.8 Å². The zero-order valence-corrected chi connectivity index (χ0v) is 20.6. The Morgan fingerprint density at radius 2 is 1.72 bits per heavy atom. The van der Waals surface area contributed by atoms with Gasteiger partial charge in [-0.3, -0.25) is 9.69 Å². The first-order chi connectivity index (χ1) is 15.5. The number of aromatic nitrogens is 1. The van der Waals surface area contributed by atoms with Gasteiger partial charge >= 0.3 is 0 Å². The topological polar surface area (TPSA) is 25.2 Å². The highest BCUT2D eigenvalue weighted by Crippen LogP contribution is 2.37. The Kier molecular flexibility index (Phi) is 5.95. The minimum Gasteiger partial charge on any atom is -0.342 e. The Morgan fingerprint density at radius 1 is 1.00 bits per heavy atom. The van der Waals surface area contributed by atoms with Crippen LogP contribution in [-0.4, -0.2) is 14.8 Å². The molecule has 0 N–H and O–H groups in total. The number of carbonyl (C=O) groups is 1. The molecule has 1 fully saturated rings. The number of amides is 1. The Bertz CT molecular complexity index is 1380. The number of hydrogen-bond acceptors (Lipinski definition) is 3. The molecule has 0 spiro atoms. The first-order valence-corrected chi connectivity index (χ1v) is 12.2. The molecule has 0 radical (unpaired) electrons. The van der Waals surface area contributed by atoms with E-state index in [0.29, 0.717) is 15.8 Å². The number of thiocarbonyl (C=S) groups is 1. The summed E-state index contributed by atoms with van der Waals surface area (Å²) in [5, 5.41) is 1.81. The number of halogens is 2. The highest BCUT2D eigenvalue weighted by Gasteiger charge is 2.33. The van der Waals surface area contributed by atoms with Crippen molar-refractivity contribution in [3.8, 4) is 0 Å². The van der Waals surface area contributed by atoms with Gasteiger partial charge in [0, 0.05) is 38.7 Å². The number of thioether (sulfide) groups is 1. The summed E-state index contributed by atoms with van der Waals surface area (Å²) in [6.45, 7) is 0.714. The second-order valence-corrected chi connectivity index (χ2v) is 10.4. The van der Waals surface area contributed by atoms with Gasteiger partial charge in [-0.1, -0.05) is 81.8 Å². The fourth-order valence-corrected chi connectivity index (χ4v) is 5.41. The van der Waals surface area contributed by atoms with Crippen molar-refractivity contribution in [1.82, 2.24) is 4.57 Å². The molecule has 1 amide bonds.